The second-order valence-corrected chi connectivity index (χ2v) is 4.06. The van der Waals surface area contributed by atoms with Gasteiger partial charge in [-0.3, -0.25) is 4.98 Å². The van der Waals surface area contributed by atoms with E-state index in [1.54, 1.807) is 0 Å². The van der Waals surface area contributed by atoms with E-state index in [1.807, 2.05) is 36.5 Å². The van der Waals surface area contributed by atoms with Gasteiger partial charge in [0, 0.05) is 6.20 Å². The van der Waals surface area contributed by atoms with Crippen LogP contribution in [0.4, 0.5) is 5.69 Å². The molecule has 0 N–H and O–H groups in total. The molecule has 0 atom stereocenters. The van der Waals surface area contributed by atoms with Gasteiger partial charge in [-0.15, -0.1) is 0 Å². The van der Waals surface area contributed by atoms with Crippen LogP contribution in [0, 0.1) is 0 Å². The van der Waals surface area contributed by atoms with E-state index in [0.29, 0.717) is 0 Å². The van der Waals surface area contributed by atoms with Crippen LogP contribution >= 0.6 is 0 Å². The SMILES string of the molecule is c1ccc(CN2CCOc3ccccc32)nc1. The summed E-state index contributed by atoms with van der Waals surface area (Å²) in [5.74, 6) is 0.967. The third-order valence-electron chi connectivity index (χ3n) is 2.90. The zero-order valence-corrected chi connectivity index (χ0v) is 9.54. The van der Waals surface area contributed by atoms with Crippen molar-refractivity contribution in [3.8, 4) is 5.75 Å². The van der Waals surface area contributed by atoms with Crippen molar-refractivity contribution in [1.82, 2.24) is 4.98 Å². The predicted octanol–water partition coefficient (Wildman–Crippen LogP) is 2.48. The van der Waals surface area contributed by atoms with E-state index < -0.39 is 0 Å². The quantitative estimate of drug-likeness (QED) is 0.786. The van der Waals surface area contributed by atoms with Crippen molar-refractivity contribution in [1.29, 1.82) is 0 Å². The van der Waals surface area contributed by atoms with E-state index in [-0.39, 0.29) is 0 Å². The summed E-state index contributed by atoms with van der Waals surface area (Å²) in [6, 6.07) is 14.2. The molecule has 1 aromatic carbocycles. The number of anilines is 1. The van der Waals surface area contributed by atoms with Crippen LogP contribution in [0.15, 0.2) is 48.7 Å². The summed E-state index contributed by atoms with van der Waals surface area (Å²) in [5, 5.41) is 0. The van der Waals surface area contributed by atoms with Crippen LogP contribution in [0.2, 0.25) is 0 Å². The molecule has 17 heavy (non-hydrogen) atoms. The Kier molecular flexibility index (Phi) is 2.66. The van der Waals surface area contributed by atoms with E-state index in [4.69, 9.17) is 4.74 Å². The van der Waals surface area contributed by atoms with Crippen molar-refractivity contribution in [2.45, 2.75) is 6.54 Å². The number of para-hydroxylation sites is 2. The maximum absolute atomic E-state index is 5.63. The second-order valence-electron chi connectivity index (χ2n) is 4.06. The summed E-state index contributed by atoms with van der Waals surface area (Å²) in [5.41, 5.74) is 2.24. The topological polar surface area (TPSA) is 25.4 Å². The molecule has 0 aliphatic carbocycles. The van der Waals surface area contributed by atoms with Crippen molar-refractivity contribution in [2.75, 3.05) is 18.1 Å². The molecule has 0 spiro atoms. The van der Waals surface area contributed by atoms with E-state index in [2.05, 4.69) is 22.0 Å². The summed E-state index contributed by atoms with van der Waals surface area (Å²) in [7, 11) is 0. The van der Waals surface area contributed by atoms with Crippen molar-refractivity contribution in [3.05, 3.63) is 54.4 Å². The Labute approximate surface area is 101 Å². The van der Waals surface area contributed by atoms with Crippen molar-refractivity contribution >= 4 is 5.69 Å². The number of aromatic nitrogens is 1. The fourth-order valence-electron chi connectivity index (χ4n) is 2.08. The fraction of sp³-hybridized carbons (Fsp3) is 0.214. The summed E-state index contributed by atoms with van der Waals surface area (Å²) >= 11 is 0. The molecule has 0 amide bonds. The van der Waals surface area contributed by atoms with Crippen LogP contribution in [0.1, 0.15) is 5.69 Å². The number of hydrogen-bond donors (Lipinski definition) is 0. The van der Waals surface area contributed by atoms with E-state index in [0.717, 1.165) is 36.8 Å². The monoisotopic (exact) mass is 226 g/mol. The minimum Gasteiger partial charge on any atom is -0.490 e. The lowest BCUT2D eigenvalue weighted by Crippen LogP contribution is -2.32. The van der Waals surface area contributed by atoms with Gasteiger partial charge in [0.2, 0.25) is 0 Å². The van der Waals surface area contributed by atoms with Gasteiger partial charge >= 0.3 is 0 Å². The van der Waals surface area contributed by atoms with Crippen LogP contribution in [0.25, 0.3) is 0 Å². The van der Waals surface area contributed by atoms with Crippen LogP contribution in [-0.2, 0) is 6.54 Å². The molecular weight excluding hydrogens is 212 g/mol. The largest absolute Gasteiger partial charge is 0.490 e. The number of pyridine rings is 1. The van der Waals surface area contributed by atoms with Gasteiger partial charge in [0.15, 0.2) is 0 Å². The Bertz CT molecular complexity index is 499. The molecule has 1 aliphatic rings. The molecule has 0 radical (unpaired) electrons. The van der Waals surface area contributed by atoms with Gasteiger partial charge in [0.05, 0.1) is 24.5 Å². The van der Waals surface area contributed by atoms with Crippen molar-refractivity contribution in [2.24, 2.45) is 0 Å². The molecule has 2 aromatic rings. The third kappa shape index (κ3) is 2.09. The van der Waals surface area contributed by atoms with Crippen molar-refractivity contribution < 1.29 is 4.74 Å². The molecule has 0 saturated heterocycles. The molecular formula is C14H14N2O. The van der Waals surface area contributed by atoms with Gasteiger partial charge in [-0.25, -0.2) is 0 Å². The Morgan fingerprint density at radius 3 is 2.88 bits per heavy atom. The normalized spacial score (nSPS) is 14.0. The van der Waals surface area contributed by atoms with Gasteiger partial charge in [-0.1, -0.05) is 18.2 Å². The predicted molar refractivity (Wildman–Crippen MR) is 67.2 cm³/mol. The Balaban J connectivity index is 1.86. The molecule has 0 bridgehead atoms. The molecule has 0 unspecified atom stereocenters. The number of nitrogens with zero attached hydrogens (tertiary/aromatic N) is 2. The fourth-order valence-corrected chi connectivity index (χ4v) is 2.08. The van der Waals surface area contributed by atoms with E-state index in [9.17, 15) is 0 Å². The molecule has 86 valence electrons. The average molecular weight is 226 g/mol. The maximum atomic E-state index is 5.63. The average Bonchev–Trinajstić information content (AvgIpc) is 2.40. The second kappa shape index (κ2) is 4.45. The van der Waals surface area contributed by atoms with Crippen molar-refractivity contribution in [3.63, 3.8) is 0 Å². The number of fused-ring (bicyclic) bond motifs is 1. The highest BCUT2D eigenvalue weighted by Crippen LogP contribution is 2.31. The third-order valence-corrected chi connectivity index (χ3v) is 2.90. The molecule has 1 aliphatic heterocycles. The summed E-state index contributed by atoms with van der Waals surface area (Å²) in [6.07, 6.45) is 1.84. The number of benzene rings is 1. The first kappa shape index (κ1) is 10.1. The summed E-state index contributed by atoms with van der Waals surface area (Å²) in [6.45, 7) is 2.48. The maximum Gasteiger partial charge on any atom is 0.142 e. The standard InChI is InChI=1S/C14H14N2O/c1-2-7-14-13(6-1)16(9-10-17-14)11-12-5-3-4-8-15-12/h1-8H,9-11H2. The van der Waals surface area contributed by atoms with Crippen LogP contribution in [-0.4, -0.2) is 18.1 Å². The van der Waals surface area contributed by atoms with Crippen LogP contribution in [0.5, 0.6) is 5.75 Å². The number of hydrogen-bond acceptors (Lipinski definition) is 3. The molecule has 3 nitrogen and oxygen atoms in total. The minimum absolute atomic E-state index is 0.740. The van der Waals surface area contributed by atoms with Gasteiger partial charge in [0.25, 0.3) is 0 Å². The highest BCUT2D eigenvalue weighted by atomic mass is 16.5. The van der Waals surface area contributed by atoms with Gasteiger partial charge in [0.1, 0.15) is 12.4 Å². The lowest BCUT2D eigenvalue weighted by atomic mass is 10.2. The highest BCUT2D eigenvalue weighted by molar-refractivity contribution is 5.59. The van der Waals surface area contributed by atoms with Gasteiger partial charge in [-0.05, 0) is 24.3 Å². The number of ether oxygens (including phenoxy) is 1. The Hall–Kier alpha value is -2.03. The van der Waals surface area contributed by atoms with Gasteiger partial charge < -0.3 is 9.64 Å². The first-order chi connectivity index (χ1) is 8.43. The summed E-state index contributed by atoms with van der Waals surface area (Å²) < 4.78 is 5.63. The van der Waals surface area contributed by atoms with Crippen LogP contribution in [0.3, 0.4) is 0 Å². The molecule has 3 heteroatoms. The number of rotatable bonds is 2. The zero-order chi connectivity index (χ0) is 11.5. The molecule has 3 rings (SSSR count). The smallest absolute Gasteiger partial charge is 0.142 e. The minimum atomic E-state index is 0.740. The van der Waals surface area contributed by atoms with Gasteiger partial charge in [-0.2, -0.15) is 0 Å². The lowest BCUT2D eigenvalue weighted by molar-refractivity contribution is 0.306. The first-order valence-corrected chi connectivity index (χ1v) is 5.80. The summed E-state index contributed by atoms with van der Waals surface area (Å²) in [4.78, 5) is 6.67. The van der Waals surface area contributed by atoms with E-state index in [1.165, 1.54) is 0 Å². The molecule has 2 heterocycles. The highest BCUT2D eigenvalue weighted by Gasteiger charge is 2.17. The van der Waals surface area contributed by atoms with E-state index >= 15 is 0 Å². The Morgan fingerprint density at radius 2 is 2.00 bits per heavy atom. The first-order valence-electron chi connectivity index (χ1n) is 5.80. The van der Waals surface area contributed by atoms with Crippen LogP contribution < -0.4 is 9.64 Å². The lowest BCUT2D eigenvalue weighted by Gasteiger charge is -2.30. The zero-order valence-electron chi connectivity index (χ0n) is 9.54. The molecule has 0 saturated carbocycles. The molecule has 1 aromatic heterocycles. The Morgan fingerprint density at radius 1 is 1.12 bits per heavy atom. The molecule has 0 fully saturated rings.